The Bertz CT molecular complexity index is 1010. The molecule has 0 bridgehead atoms. The molecule has 12 heteroatoms. The molecule has 1 fully saturated rings. The number of nitrogens with one attached hydrogen (secondary N) is 1. The molecular weight excluding hydrogens is 495 g/mol. The third-order valence-electron chi connectivity index (χ3n) is 4.20. The molecule has 1 aliphatic rings. The van der Waals surface area contributed by atoms with Gasteiger partial charge in [-0.15, -0.1) is 0 Å². The van der Waals surface area contributed by atoms with E-state index in [0.717, 1.165) is 26.2 Å². The zero-order valence-electron chi connectivity index (χ0n) is 14.9. The van der Waals surface area contributed by atoms with Gasteiger partial charge in [-0.3, -0.25) is 4.79 Å². The Morgan fingerprint density at radius 2 is 1.96 bits per heavy atom. The van der Waals surface area contributed by atoms with Gasteiger partial charge in [-0.1, -0.05) is 0 Å². The molecule has 1 saturated heterocycles. The van der Waals surface area contributed by atoms with E-state index in [9.17, 15) is 4.79 Å². The number of rotatable bonds is 4. The van der Waals surface area contributed by atoms with E-state index in [-0.39, 0.29) is 27.3 Å². The summed E-state index contributed by atoms with van der Waals surface area (Å²) in [6.07, 6.45) is 3.40. The van der Waals surface area contributed by atoms with Crippen molar-refractivity contribution < 1.29 is 30.8 Å². The van der Waals surface area contributed by atoms with Gasteiger partial charge < -0.3 is 9.72 Å². The molecule has 144 valence electrons. The molecule has 0 saturated carbocycles. The van der Waals surface area contributed by atoms with E-state index in [1.165, 1.54) is 6.92 Å². The fourth-order valence-electron chi connectivity index (χ4n) is 2.87. The SMILES string of the molecule is [B][I-]N1CCN(c2ncc(-c3nc4nc(OC(C)=O)[nH]c4cc3Cl)cn2)CC1. The van der Waals surface area contributed by atoms with Gasteiger partial charge in [0.05, 0.1) is 0 Å². The van der Waals surface area contributed by atoms with Gasteiger partial charge in [-0.05, 0) is 0 Å². The van der Waals surface area contributed by atoms with Crippen molar-refractivity contribution in [1.82, 2.24) is 28.0 Å². The number of piperazine rings is 1. The standard InChI is InChI=1S/C16H15BClIN7O2/c1-9(27)28-16-22-12-6-11(18)13(23-14(12)24-16)10-7-20-15(21-8-10)25-2-4-26(19-17)5-3-25/h6-8H,2-5H2,1H3,(H,22,23,24)/q-1. The maximum absolute atomic E-state index is 11.1. The molecule has 0 aromatic carbocycles. The summed E-state index contributed by atoms with van der Waals surface area (Å²) >= 11 is 6.02. The summed E-state index contributed by atoms with van der Waals surface area (Å²) in [5.74, 6) is 0.205. The molecule has 0 spiro atoms. The first kappa shape index (κ1) is 19.3. The maximum atomic E-state index is 11.1. The van der Waals surface area contributed by atoms with Gasteiger partial charge in [-0.2, -0.15) is 0 Å². The van der Waals surface area contributed by atoms with Gasteiger partial charge in [0.15, 0.2) is 0 Å². The molecule has 1 N–H and O–H groups in total. The fraction of sp³-hybridized carbons (Fsp3) is 0.312. The van der Waals surface area contributed by atoms with Gasteiger partial charge in [-0.25, -0.2) is 0 Å². The quantitative estimate of drug-likeness (QED) is 0.190. The average Bonchev–Trinajstić information content (AvgIpc) is 3.07. The summed E-state index contributed by atoms with van der Waals surface area (Å²) in [6, 6.07) is 1.76. The first-order valence-electron chi connectivity index (χ1n) is 8.44. The normalized spacial score (nSPS) is 15.3. The number of esters is 1. The third kappa shape index (κ3) is 4.05. The second kappa shape index (κ2) is 8.17. The topological polar surface area (TPSA) is 100 Å². The minimum absolute atomic E-state index is 0.0776. The first-order valence-corrected chi connectivity index (χ1v) is 11.0. The van der Waals surface area contributed by atoms with Crippen molar-refractivity contribution in [3.63, 3.8) is 0 Å². The molecule has 0 aliphatic carbocycles. The van der Waals surface area contributed by atoms with Crippen molar-refractivity contribution in [3.05, 3.63) is 23.5 Å². The van der Waals surface area contributed by atoms with Gasteiger partial charge in [0.1, 0.15) is 0 Å². The number of pyridine rings is 1. The summed E-state index contributed by atoms with van der Waals surface area (Å²) in [5, 5.41) is 0.419. The summed E-state index contributed by atoms with van der Waals surface area (Å²) < 4.78 is 7.24. The molecule has 0 amide bonds. The molecule has 3 aromatic rings. The van der Waals surface area contributed by atoms with Crippen LogP contribution in [0.15, 0.2) is 18.5 Å². The molecule has 9 nitrogen and oxygen atoms in total. The number of H-pyrrole nitrogens is 1. The zero-order valence-corrected chi connectivity index (χ0v) is 17.8. The number of ether oxygens (including phenoxy) is 1. The minimum atomic E-state index is -0.469. The molecule has 0 unspecified atom stereocenters. The van der Waals surface area contributed by atoms with E-state index in [1.54, 1.807) is 18.5 Å². The number of aromatic nitrogens is 5. The van der Waals surface area contributed by atoms with Crippen LogP contribution >= 0.6 is 11.6 Å². The summed E-state index contributed by atoms with van der Waals surface area (Å²) in [4.78, 5) is 33.6. The van der Waals surface area contributed by atoms with Gasteiger partial charge >= 0.3 is 157 Å². The Balaban J connectivity index is 1.57. The van der Waals surface area contributed by atoms with Crippen LogP contribution in [0.2, 0.25) is 5.02 Å². The Labute approximate surface area is 177 Å². The van der Waals surface area contributed by atoms with Crippen molar-refractivity contribution in [1.29, 1.82) is 0 Å². The van der Waals surface area contributed by atoms with Crippen LogP contribution < -0.4 is 30.9 Å². The predicted octanol–water partition coefficient (Wildman–Crippen LogP) is -1.80. The number of imidazole rings is 1. The second-order valence-electron chi connectivity index (χ2n) is 6.09. The zero-order chi connectivity index (χ0) is 19.7. The number of nitrogens with zero attached hydrogens (tertiary/aromatic N) is 6. The van der Waals surface area contributed by atoms with Crippen LogP contribution in [-0.4, -0.2) is 65.9 Å². The van der Waals surface area contributed by atoms with E-state index in [0.29, 0.717) is 33.4 Å². The number of hydrogen-bond acceptors (Lipinski definition) is 8. The predicted molar refractivity (Wildman–Crippen MR) is 101 cm³/mol. The molecule has 0 atom stereocenters. The average molecular weight is 511 g/mol. The number of aromatic amines is 1. The Morgan fingerprint density at radius 1 is 1.25 bits per heavy atom. The Morgan fingerprint density at radius 3 is 2.61 bits per heavy atom. The van der Waals surface area contributed by atoms with Crippen LogP contribution in [0.1, 0.15) is 6.92 Å². The number of halogens is 2. The number of anilines is 1. The summed E-state index contributed by atoms with van der Waals surface area (Å²) in [7, 11) is 0. The van der Waals surface area contributed by atoms with Crippen LogP contribution in [0.4, 0.5) is 5.95 Å². The summed E-state index contributed by atoms with van der Waals surface area (Å²) in [5.41, 5.74) is 7.94. The van der Waals surface area contributed by atoms with Gasteiger partial charge in [0.25, 0.3) is 0 Å². The van der Waals surface area contributed by atoms with E-state index in [1.807, 2.05) is 0 Å². The molecule has 4 rings (SSSR count). The van der Waals surface area contributed by atoms with Crippen molar-refractivity contribution in [3.8, 4) is 17.3 Å². The number of hydrogen-bond donors (Lipinski definition) is 1. The van der Waals surface area contributed by atoms with Crippen LogP contribution in [0.5, 0.6) is 6.01 Å². The Kier molecular flexibility index (Phi) is 5.64. The number of fused-ring (bicyclic) bond motifs is 1. The molecule has 4 heterocycles. The molecule has 28 heavy (non-hydrogen) atoms. The van der Waals surface area contributed by atoms with E-state index in [2.05, 4.69) is 32.9 Å². The third-order valence-corrected chi connectivity index (χ3v) is 6.24. The second-order valence-corrected chi connectivity index (χ2v) is 8.42. The fourth-order valence-corrected chi connectivity index (χ4v) is 4.12. The van der Waals surface area contributed by atoms with Crippen molar-refractivity contribution in [2.75, 3.05) is 31.1 Å². The molecule has 1 aliphatic heterocycles. The monoisotopic (exact) mass is 510 g/mol. The van der Waals surface area contributed by atoms with Gasteiger partial charge in [0.2, 0.25) is 0 Å². The Hall–Kier alpha value is -1.99. The van der Waals surface area contributed by atoms with Crippen LogP contribution in [-0.2, 0) is 4.79 Å². The van der Waals surface area contributed by atoms with Crippen molar-refractivity contribution in [2.24, 2.45) is 0 Å². The van der Waals surface area contributed by atoms with Crippen LogP contribution in [0, 0.1) is 0 Å². The molecule has 2 radical (unpaired) electrons. The number of carbonyl (C=O) groups is 1. The first-order chi connectivity index (χ1) is 13.5. The summed E-state index contributed by atoms with van der Waals surface area (Å²) in [6.45, 7) is 4.88. The van der Waals surface area contributed by atoms with Crippen molar-refractivity contribution >= 4 is 40.4 Å². The van der Waals surface area contributed by atoms with Crippen LogP contribution in [0.25, 0.3) is 22.4 Å². The van der Waals surface area contributed by atoms with E-state index in [4.69, 9.17) is 22.0 Å². The van der Waals surface area contributed by atoms with Crippen molar-refractivity contribution in [2.45, 2.75) is 6.92 Å². The number of carbonyl (C=O) groups excluding carboxylic acids is 1. The molecule has 3 aromatic heterocycles. The van der Waals surface area contributed by atoms with Crippen LogP contribution in [0.3, 0.4) is 0 Å². The van der Waals surface area contributed by atoms with E-state index >= 15 is 0 Å². The van der Waals surface area contributed by atoms with E-state index < -0.39 is 5.97 Å². The molecular formula is C16H15BClIN7O2-. The van der Waals surface area contributed by atoms with Gasteiger partial charge in [0, 0.05) is 6.92 Å².